The van der Waals surface area contributed by atoms with E-state index in [-0.39, 0.29) is 5.76 Å². The summed E-state index contributed by atoms with van der Waals surface area (Å²) < 4.78 is 44.8. The number of nitriles is 1. The Morgan fingerprint density at radius 3 is 2.38 bits per heavy atom. The molecule has 0 saturated carbocycles. The minimum Gasteiger partial charge on any atom is -0.463 e. The molecule has 0 bridgehead atoms. The minimum absolute atomic E-state index is 0.231. The van der Waals surface area contributed by atoms with Gasteiger partial charge in [0.15, 0.2) is 0 Å². The van der Waals surface area contributed by atoms with Crippen LogP contribution in [0.25, 0.3) is 0 Å². The molecule has 2 aromatic rings. The summed E-state index contributed by atoms with van der Waals surface area (Å²) in [6.45, 7) is 1.02. The number of aliphatic hydroxyl groups is 1. The van der Waals surface area contributed by atoms with E-state index in [1.165, 1.54) is 37.3 Å². The number of aryl methyl sites for hydroxylation is 1. The fraction of sp³-hybridized carbons (Fsp3) is 0.294. The van der Waals surface area contributed by atoms with E-state index in [4.69, 9.17) is 9.68 Å². The van der Waals surface area contributed by atoms with Crippen LogP contribution in [0.5, 0.6) is 0 Å². The van der Waals surface area contributed by atoms with Gasteiger partial charge in [0.05, 0.1) is 11.6 Å². The van der Waals surface area contributed by atoms with Gasteiger partial charge < -0.3 is 20.2 Å². The predicted octanol–water partition coefficient (Wildman–Crippen LogP) is 3.42. The average molecular weight is 367 g/mol. The molecule has 26 heavy (non-hydrogen) atoms. The summed E-state index contributed by atoms with van der Waals surface area (Å²) in [5.41, 5.74) is -2.43. The summed E-state index contributed by atoms with van der Waals surface area (Å²) in [4.78, 5) is 11.8. The van der Waals surface area contributed by atoms with Crippen LogP contribution >= 0.6 is 0 Å². The molecular formula is C17H16F3N3O3. The monoisotopic (exact) mass is 367 g/mol. The molecule has 0 aliphatic rings. The summed E-state index contributed by atoms with van der Waals surface area (Å²) in [7, 11) is 0. The molecule has 3 N–H and O–H groups in total. The number of amides is 2. The van der Waals surface area contributed by atoms with E-state index in [9.17, 15) is 23.1 Å². The molecule has 6 nitrogen and oxygen atoms in total. The molecule has 9 heteroatoms. The lowest BCUT2D eigenvalue weighted by molar-refractivity contribution is -0.274. The number of alkyl halides is 3. The third kappa shape index (κ3) is 4.34. The first-order valence-corrected chi connectivity index (χ1v) is 7.57. The second-order valence-corrected chi connectivity index (χ2v) is 5.59. The largest absolute Gasteiger partial charge is 0.463 e. The van der Waals surface area contributed by atoms with Gasteiger partial charge in [0, 0.05) is 18.7 Å². The third-order valence-corrected chi connectivity index (χ3v) is 3.66. The van der Waals surface area contributed by atoms with Crippen LogP contribution in [0.1, 0.15) is 23.5 Å². The first-order chi connectivity index (χ1) is 12.2. The molecule has 0 fully saturated rings. The van der Waals surface area contributed by atoms with E-state index in [0.29, 0.717) is 11.3 Å². The maximum absolute atomic E-state index is 13.3. The number of hydrogen-bond acceptors (Lipinski definition) is 4. The molecule has 1 aromatic heterocycles. The van der Waals surface area contributed by atoms with Gasteiger partial charge in [0.25, 0.3) is 0 Å². The van der Waals surface area contributed by atoms with Crippen molar-refractivity contribution in [1.82, 2.24) is 5.32 Å². The Morgan fingerprint density at radius 1 is 1.23 bits per heavy atom. The van der Waals surface area contributed by atoms with Crippen LogP contribution in [0.4, 0.5) is 23.7 Å². The normalized spacial score (nSPS) is 13.5. The van der Waals surface area contributed by atoms with E-state index >= 15 is 0 Å². The Bertz CT molecular complexity index is 809. The van der Waals surface area contributed by atoms with Crippen LogP contribution in [-0.4, -0.2) is 23.9 Å². The first-order valence-electron chi connectivity index (χ1n) is 7.57. The molecule has 2 amide bonds. The molecule has 0 radical (unpaired) electrons. The van der Waals surface area contributed by atoms with E-state index in [0.717, 1.165) is 6.07 Å². The average Bonchev–Trinajstić information content (AvgIpc) is 3.01. The fourth-order valence-corrected chi connectivity index (χ4v) is 2.22. The molecule has 0 spiro atoms. The van der Waals surface area contributed by atoms with E-state index in [2.05, 4.69) is 10.6 Å². The van der Waals surface area contributed by atoms with Gasteiger partial charge in [0.2, 0.25) is 5.60 Å². The number of urea groups is 1. The molecule has 0 aliphatic heterocycles. The number of furan rings is 1. The second kappa shape index (κ2) is 7.49. The van der Waals surface area contributed by atoms with Gasteiger partial charge >= 0.3 is 12.2 Å². The smallest absolute Gasteiger partial charge is 0.424 e. The van der Waals surface area contributed by atoms with E-state index < -0.39 is 36.5 Å². The van der Waals surface area contributed by atoms with Crippen LogP contribution in [0.2, 0.25) is 0 Å². The number of halogens is 3. The van der Waals surface area contributed by atoms with Crippen molar-refractivity contribution in [2.24, 2.45) is 0 Å². The Labute approximate surface area is 147 Å². The fourth-order valence-electron chi connectivity index (χ4n) is 2.22. The van der Waals surface area contributed by atoms with Gasteiger partial charge in [-0.25, -0.2) is 4.79 Å². The Kier molecular flexibility index (Phi) is 5.57. The summed E-state index contributed by atoms with van der Waals surface area (Å²) in [5.74, 6) is -0.397. The molecular weight excluding hydrogens is 351 g/mol. The molecule has 1 heterocycles. The zero-order chi connectivity index (χ0) is 19.4. The number of nitrogens with zero attached hydrogens (tertiary/aromatic N) is 1. The van der Waals surface area contributed by atoms with Crippen LogP contribution < -0.4 is 10.6 Å². The maximum Gasteiger partial charge on any atom is 0.424 e. The highest BCUT2D eigenvalue weighted by molar-refractivity contribution is 5.89. The van der Waals surface area contributed by atoms with Gasteiger partial charge in [0.1, 0.15) is 11.5 Å². The highest BCUT2D eigenvalue weighted by Gasteiger charge is 2.56. The Hall–Kier alpha value is -2.99. The van der Waals surface area contributed by atoms with Crippen LogP contribution in [-0.2, 0) is 5.60 Å². The number of carbonyl (C=O) groups is 1. The molecule has 2 rings (SSSR count). The van der Waals surface area contributed by atoms with Crippen molar-refractivity contribution >= 4 is 11.7 Å². The van der Waals surface area contributed by atoms with E-state index in [1.54, 1.807) is 0 Å². The SMILES string of the molecule is Cc1ccc([C@](O)(CCNC(=O)Nc2ccc(C#N)cc2)C(F)(F)F)o1. The quantitative estimate of drug-likeness (QED) is 0.754. The maximum atomic E-state index is 13.3. The summed E-state index contributed by atoms with van der Waals surface area (Å²) in [6.07, 6.45) is -5.78. The minimum atomic E-state index is -4.97. The van der Waals surface area contributed by atoms with Crippen LogP contribution in [0, 0.1) is 18.3 Å². The molecule has 1 aromatic carbocycles. The van der Waals surface area contributed by atoms with Crippen LogP contribution in [0.15, 0.2) is 40.8 Å². The number of hydrogen-bond donors (Lipinski definition) is 3. The van der Waals surface area contributed by atoms with Gasteiger partial charge in [-0.1, -0.05) is 0 Å². The van der Waals surface area contributed by atoms with Crippen molar-refractivity contribution in [3.05, 3.63) is 53.5 Å². The molecule has 0 aliphatic carbocycles. The lowest BCUT2D eigenvalue weighted by atomic mass is 9.96. The number of nitrogens with one attached hydrogen (secondary N) is 2. The molecule has 0 unspecified atom stereocenters. The number of benzene rings is 1. The number of carbonyl (C=O) groups excluding carboxylic acids is 1. The van der Waals surface area contributed by atoms with Gasteiger partial charge in [-0.05, 0) is 43.3 Å². The van der Waals surface area contributed by atoms with Gasteiger partial charge in [-0.2, -0.15) is 18.4 Å². The molecule has 138 valence electrons. The highest BCUT2D eigenvalue weighted by atomic mass is 19.4. The Morgan fingerprint density at radius 2 is 1.88 bits per heavy atom. The summed E-state index contributed by atoms with van der Waals surface area (Å²) in [5, 5.41) is 23.4. The molecule has 1 atom stereocenters. The van der Waals surface area contributed by atoms with Crippen molar-refractivity contribution in [2.45, 2.75) is 25.1 Å². The predicted molar refractivity (Wildman–Crippen MR) is 86.2 cm³/mol. The van der Waals surface area contributed by atoms with E-state index in [1.807, 2.05) is 6.07 Å². The number of anilines is 1. The van der Waals surface area contributed by atoms with Crippen molar-refractivity contribution in [3.8, 4) is 6.07 Å². The summed E-state index contributed by atoms with van der Waals surface area (Å²) in [6, 6.07) is 9.48. The van der Waals surface area contributed by atoms with Gasteiger partial charge in [-0.15, -0.1) is 0 Å². The standard InChI is InChI=1S/C17H16F3N3O3/c1-11-2-7-14(26-11)16(25,17(18,19)20)8-9-22-15(24)23-13-5-3-12(10-21)4-6-13/h2-7,25H,8-9H2,1H3,(H2,22,23,24)/t16-/m1/s1. The zero-order valence-electron chi connectivity index (χ0n) is 13.7. The second-order valence-electron chi connectivity index (χ2n) is 5.59. The van der Waals surface area contributed by atoms with Crippen molar-refractivity contribution in [3.63, 3.8) is 0 Å². The van der Waals surface area contributed by atoms with Gasteiger partial charge in [-0.3, -0.25) is 0 Å². The first kappa shape index (κ1) is 19.3. The summed E-state index contributed by atoms with van der Waals surface area (Å²) >= 11 is 0. The number of rotatable bonds is 5. The van der Waals surface area contributed by atoms with Crippen molar-refractivity contribution in [2.75, 3.05) is 11.9 Å². The lowest BCUT2D eigenvalue weighted by Crippen LogP contribution is -2.45. The molecule has 0 saturated heterocycles. The van der Waals surface area contributed by atoms with Crippen molar-refractivity contribution in [1.29, 1.82) is 5.26 Å². The van der Waals surface area contributed by atoms with Crippen molar-refractivity contribution < 1.29 is 27.5 Å². The Balaban J connectivity index is 1.96. The lowest BCUT2D eigenvalue weighted by Gasteiger charge is -2.28. The van der Waals surface area contributed by atoms with Crippen LogP contribution in [0.3, 0.4) is 0 Å². The third-order valence-electron chi connectivity index (χ3n) is 3.66. The zero-order valence-corrected chi connectivity index (χ0v) is 13.7. The topological polar surface area (TPSA) is 98.3 Å². The highest BCUT2D eigenvalue weighted by Crippen LogP contribution is 2.41.